The molecule has 90 valence electrons. The molecule has 16 heavy (non-hydrogen) atoms. The molecule has 0 aromatic heterocycles. The number of aliphatic hydroxyl groups excluding tert-OH is 1. The third-order valence-electron chi connectivity index (χ3n) is 2.87. The van der Waals surface area contributed by atoms with Gasteiger partial charge >= 0.3 is 0 Å². The molecule has 0 radical (unpaired) electrons. The number of aryl methyl sites for hydroxylation is 1. The number of rotatable bonds is 5. The van der Waals surface area contributed by atoms with Crippen molar-refractivity contribution >= 4 is 15.9 Å². The first-order valence-electron chi connectivity index (χ1n) is 5.49. The van der Waals surface area contributed by atoms with Gasteiger partial charge in [0.2, 0.25) is 0 Å². The molecule has 2 unspecified atom stereocenters. The van der Waals surface area contributed by atoms with Gasteiger partial charge in [0.1, 0.15) is 0 Å². The Labute approximate surface area is 106 Å². The number of halogens is 1. The molecular weight excluding hydrogens is 268 g/mol. The molecule has 0 aliphatic rings. The summed E-state index contributed by atoms with van der Waals surface area (Å²) < 4.78 is 6.08. The van der Waals surface area contributed by atoms with E-state index < -0.39 is 6.10 Å². The fraction of sp³-hybridized carbons (Fsp3) is 0.538. The van der Waals surface area contributed by atoms with Crippen LogP contribution in [0.25, 0.3) is 0 Å². The lowest BCUT2D eigenvalue weighted by Gasteiger charge is -2.20. The van der Waals surface area contributed by atoms with E-state index in [1.807, 2.05) is 32.0 Å². The highest BCUT2D eigenvalue weighted by Gasteiger charge is 2.17. The lowest BCUT2D eigenvalue weighted by Crippen LogP contribution is -2.12. The fourth-order valence-electron chi connectivity index (χ4n) is 1.74. The van der Waals surface area contributed by atoms with Gasteiger partial charge in [0.15, 0.2) is 0 Å². The van der Waals surface area contributed by atoms with Crippen LogP contribution in [-0.2, 0) is 4.74 Å². The SMILES string of the molecule is COCCC(C)C(O)c1ccc(Br)cc1C. The summed E-state index contributed by atoms with van der Waals surface area (Å²) >= 11 is 3.42. The van der Waals surface area contributed by atoms with Crippen molar-refractivity contribution in [2.75, 3.05) is 13.7 Å². The van der Waals surface area contributed by atoms with Gasteiger partial charge in [-0.05, 0) is 42.5 Å². The molecule has 0 spiro atoms. The van der Waals surface area contributed by atoms with Crippen molar-refractivity contribution in [1.29, 1.82) is 0 Å². The smallest absolute Gasteiger partial charge is 0.0818 e. The summed E-state index contributed by atoms with van der Waals surface area (Å²) in [7, 11) is 1.68. The predicted molar refractivity (Wildman–Crippen MR) is 69.5 cm³/mol. The zero-order valence-corrected chi connectivity index (χ0v) is 11.6. The quantitative estimate of drug-likeness (QED) is 0.898. The van der Waals surface area contributed by atoms with Crippen LogP contribution in [0.5, 0.6) is 0 Å². The average Bonchev–Trinajstić information content (AvgIpc) is 2.25. The maximum atomic E-state index is 10.2. The minimum atomic E-state index is -0.414. The Kier molecular flexibility index (Phi) is 5.46. The second kappa shape index (κ2) is 6.38. The lowest BCUT2D eigenvalue weighted by atomic mass is 9.92. The maximum Gasteiger partial charge on any atom is 0.0818 e. The molecular formula is C13H19BrO2. The van der Waals surface area contributed by atoms with Gasteiger partial charge in [0.05, 0.1) is 6.10 Å². The predicted octanol–water partition coefficient (Wildman–Crippen LogP) is 3.46. The number of ether oxygens (including phenoxy) is 1. The van der Waals surface area contributed by atoms with Crippen molar-refractivity contribution in [2.45, 2.75) is 26.4 Å². The summed E-state index contributed by atoms with van der Waals surface area (Å²) in [4.78, 5) is 0. The van der Waals surface area contributed by atoms with E-state index in [-0.39, 0.29) is 5.92 Å². The zero-order chi connectivity index (χ0) is 12.1. The van der Waals surface area contributed by atoms with Gasteiger partial charge in [0, 0.05) is 18.2 Å². The van der Waals surface area contributed by atoms with E-state index in [2.05, 4.69) is 15.9 Å². The minimum absolute atomic E-state index is 0.208. The van der Waals surface area contributed by atoms with E-state index in [9.17, 15) is 5.11 Å². The summed E-state index contributed by atoms with van der Waals surface area (Å²) in [5.41, 5.74) is 2.12. The molecule has 0 aliphatic carbocycles. The molecule has 0 fully saturated rings. The van der Waals surface area contributed by atoms with Crippen molar-refractivity contribution in [3.8, 4) is 0 Å². The third kappa shape index (κ3) is 3.58. The zero-order valence-electron chi connectivity index (χ0n) is 10.0. The van der Waals surface area contributed by atoms with Crippen molar-refractivity contribution in [3.05, 3.63) is 33.8 Å². The van der Waals surface area contributed by atoms with E-state index in [4.69, 9.17) is 4.74 Å². The normalized spacial score (nSPS) is 14.8. The number of aliphatic hydroxyl groups is 1. The largest absolute Gasteiger partial charge is 0.388 e. The van der Waals surface area contributed by atoms with Crippen LogP contribution in [0.2, 0.25) is 0 Å². The fourth-order valence-corrected chi connectivity index (χ4v) is 2.21. The van der Waals surface area contributed by atoms with Crippen LogP contribution in [0, 0.1) is 12.8 Å². The highest BCUT2D eigenvalue weighted by atomic mass is 79.9. The molecule has 0 bridgehead atoms. The van der Waals surface area contributed by atoms with Crippen LogP contribution in [0.1, 0.15) is 30.6 Å². The Bertz CT molecular complexity index is 339. The van der Waals surface area contributed by atoms with Gasteiger partial charge < -0.3 is 9.84 Å². The summed E-state index contributed by atoms with van der Waals surface area (Å²) in [5.74, 6) is 0.208. The highest BCUT2D eigenvalue weighted by molar-refractivity contribution is 9.10. The number of benzene rings is 1. The molecule has 0 aliphatic heterocycles. The van der Waals surface area contributed by atoms with Gasteiger partial charge in [-0.2, -0.15) is 0 Å². The van der Waals surface area contributed by atoms with Gasteiger partial charge in [0.25, 0.3) is 0 Å². The molecule has 2 nitrogen and oxygen atoms in total. The number of hydrogen-bond donors (Lipinski definition) is 1. The van der Waals surface area contributed by atoms with Crippen LogP contribution in [0.3, 0.4) is 0 Å². The molecule has 0 heterocycles. The third-order valence-corrected chi connectivity index (χ3v) is 3.36. The standard InChI is InChI=1S/C13H19BrO2/c1-9(6-7-16-3)13(15)12-5-4-11(14)8-10(12)2/h4-5,8-9,13,15H,6-7H2,1-3H3. The Hall–Kier alpha value is -0.380. The second-order valence-electron chi connectivity index (χ2n) is 4.20. The van der Waals surface area contributed by atoms with Gasteiger partial charge in [-0.1, -0.05) is 28.9 Å². The van der Waals surface area contributed by atoms with Crippen molar-refractivity contribution in [2.24, 2.45) is 5.92 Å². The van der Waals surface area contributed by atoms with Crippen LogP contribution >= 0.6 is 15.9 Å². The molecule has 3 heteroatoms. The number of hydrogen-bond acceptors (Lipinski definition) is 2. The molecule has 1 aromatic carbocycles. The first-order valence-corrected chi connectivity index (χ1v) is 6.28. The van der Waals surface area contributed by atoms with E-state index in [0.717, 1.165) is 22.0 Å². The number of methoxy groups -OCH3 is 1. The van der Waals surface area contributed by atoms with E-state index in [1.54, 1.807) is 7.11 Å². The monoisotopic (exact) mass is 286 g/mol. The Morgan fingerprint density at radius 2 is 2.12 bits per heavy atom. The van der Waals surface area contributed by atoms with Gasteiger partial charge in [-0.25, -0.2) is 0 Å². The van der Waals surface area contributed by atoms with Crippen LogP contribution < -0.4 is 0 Å². The van der Waals surface area contributed by atoms with Crippen molar-refractivity contribution < 1.29 is 9.84 Å². The average molecular weight is 287 g/mol. The van der Waals surface area contributed by atoms with E-state index >= 15 is 0 Å². The van der Waals surface area contributed by atoms with Crippen LogP contribution in [0.4, 0.5) is 0 Å². The Morgan fingerprint density at radius 1 is 1.44 bits per heavy atom. The molecule has 1 aromatic rings. The molecule has 1 N–H and O–H groups in total. The van der Waals surface area contributed by atoms with Gasteiger partial charge in [-0.3, -0.25) is 0 Å². The Balaban J connectivity index is 2.75. The summed E-state index contributed by atoms with van der Waals surface area (Å²) in [6.07, 6.45) is 0.455. The van der Waals surface area contributed by atoms with Crippen molar-refractivity contribution in [3.63, 3.8) is 0 Å². The summed E-state index contributed by atoms with van der Waals surface area (Å²) in [6.45, 7) is 4.76. The topological polar surface area (TPSA) is 29.5 Å². The van der Waals surface area contributed by atoms with E-state index in [1.165, 1.54) is 0 Å². The highest BCUT2D eigenvalue weighted by Crippen LogP contribution is 2.28. The molecule has 1 rings (SSSR count). The molecule has 0 saturated heterocycles. The van der Waals surface area contributed by atoms with Crippen molar-refractivity contribution in [1.82, 2.24) is 0 Å². The van der Waals surface area contributed by atoms with Crippen LogP contribution in [0.15, 0.2) is 22.7 Å². The first kappa shape index (κ1) is 13.7. The Morgan fingerprint density at radius 3 is 2.69 bits per heavy atom. The molecule has 0 amide bonds. The minimum Gasteiger partial charge on any atom is -0.388 e. The summed E-state index contributed by atoms with van der Waals surface area (Å²) in [6, 6.07) is 5.98. The van der Waals surface area contributed by atoms with E-state index in [0.29, 0.717) is 6.61 Å². The summed E-state index contributed by atoms with van der Waals surface area (Å²) in [5, 5.41) is 10.2. The van der Waals surface area contributed by atoms with Crippen LogP contribution in [-0.4, -0.2) is 18.8 Å². The lowest BCUT2D eigenvalue weighted by molar-refractivity contribution is 0.0881. The maximum absolute atomic E-state index is 10.2. The molecule has 0 saturated carbocycles. The second-order valence-corrected chi connectivity index (χ2v) is 5.12. The first-order chi connectivity index (χ1) is 7.56. The molecule has 2 atom stereocenters. The van der Waals surface area contributed by atoms with Gasteiger partial charge in [-0.15, -0.1) is 0 Å².